The summed E-state index contributed by atoms with van der Waals surface area (Å²) in [4.78, 5) is 11.5. The molecule has 18 heavy (non-hydrogen) atoms. The summed E-state index contributed by atoms with van der Waals surface area (Å²) in [5.41, 5.74) is 0. The highest BCUT2D eigenvalue weighted by molar-refractivity contribution is 14.1. The fourth-order valence-electron chi connectivity index (χ4n) is 2.73. The van der Waals surface area contributed by atoms with Gasteiger partial charge < -0.3 is 5.32 Å². The molecule has 0 heterocycles. The quantitative estimate of drug-likeness (QED) is 0.457. The topological polar surface area (TPSA) is 29.1 Å². The van der Waals surface area contributed by atoms with E-state index < -0.39 is 0 Å². The van der Waals surface area contributed by atoms with Crippen molar-refractivity contribution in [3.8, 4) is 0 Å². The van der Waals surface area contributed by atoms with E-state index >= 15 is 0 Å². The molecule has 2 nitrogen and oxygen atoms in total. The van der Waals surface area contributed by atoms with Gasteiger partial charge in [-0.2, -0.15) is 0 Å². The average Bonchev–Trinajstić information content (AvgIpc) is 2.24. The van der Waals surface area contributed by atoms with E-state index in [1.165, 1.54) is 25.7 Å². The Balaban J connectivity index is 2.31. The van der Waals surface area contributed by atoms with Gasteiger partial charge in [0.05, 0.1) is 0 Å². The van der Waals surface area contributed by atoms with Gasteiger partial charge in [-0.05, 0) is 16.9 Å². The molecule has 4 heteroatoms. The maximum atomic E-state index is 11.5. The summed E-state index contributed by atoms with van der Waals surface area (Å²) in [5, 5.41) is 3.10. The molecule has 101 valence electrons. The molecule has 1 aliphatic carbocycles. The highest BCUT2D eigenvalue weighted by Crippen LogP contribution is 2.28. The molecule has 1 rings (SSSR count). The Morgan fingerprint density at radius 2 is 1.89 bits per heavy atom. The molecule has 0 bridgehead atoms. The molecule has 0 aliphatic heterocycles. The smallest absolute Gasteiger partial charge is 0.244 e. The van der Waals surface area contributed by atoms with Crippen LogP contribution in [0, 0.1) is 0 Å². The normalized spacial score (nSPS) is 25.8. The van der Waals surface area contributed by atoms with Crippen molar-refractivity contribution in [1.82, 2.24) is 5.32 Å². The summed E-state index contributed by atoms with van der Waals surface area (Å²) in [6, 6.07) is 0.380. The SMILES string of the molecule is CC(C)[B]C1CCCC(NC(=O)/C=C/I)CCC1. The second kappa shape index (κ2) is 9.00. The molecule has 0 atom stereocenters. The third kappa shape index (κ3) is 6.81. The van der Waals surface area contributed by atoms with Gasteiger partial charge in [0.25, 0.3) is 0 Å². The monoisotopic (exact) mass is 360 g/mol. The van der Waals surface area contributed by atoms with Crippen LogP contribution >= 0.6 is 22.6 Å². The molecular formula is C14H24BINO. The number of nitrogens with one attached hydrogen (secondary N) is 1. The lowest BCUT2D eigenvalue weighted by Gasteiger charge is -2.25. The third-order valence-corrected chi connectivity index (χ3v) is 3.83. The lowest BCUT2D eigenvalue weighted by Crippen LogP contribution is -2.34. The van der Waals surface area contributed by atoms with Gasteiger partial charge in [0.2, 0.25) is 5.91 Å². The minimum atomic E-state index is 0.0558. The molecule has 1 saturated carbocycles. The molecule has 1 radical (unpaired) electrons. The number of carbonyl (C=O) groups is 1. The van der Waals surface area contributed by atoms with Gasteiger partial charge in [0, 0.05) is 12.1 Å². The van der Waals surface area contributed by atoms with Gasteiger partial charge in [-0.1, -0.05) is 73.8 Å². The Morgan fingerprint density at radius 1 is 1.28 bits per heavy atom. The zero-order chi connectivity index (χ0) is 13.4. The fraction of sp³-hybridized carbons (Fsp3) is 0.786. The van der Waals surface area contributed by atoms with E-state index in [1.54, 1.807) is 10.2 Å². The van der Waals surface area contributed by atoms with Gasteiger partial charge in [0.15, 0.2) is 0 Å². The lowest BCUT2D eigenvalue weighted by molar-refractivity contribution is -0.117. The van der Waals surface area contributed by atoms with Crippen LogP contribution in [0.25, 0.3) is 0 Å². The third-order valence-electron chi connectivity index (χ3n) is 3.47. The van der Waals surface area contributed by atoms with Crippen LogP contribution in [0.1, 0.15) is 52.4 Å². The standard InChI is InChI=1S/C14H24BINO/c1-11(2)15-12-5-3-7-13(8-4-6-12)17-14(18)9-10-16/h9-13H,3-8H2,1-2H3,(H,17,18)/b10-9+. The average molecular weight is 360 g/mol. The zero-order valence-corrected chi connectivity index (χ0v) is 13.7. The predicted molar refractivity (Wildman–Crippen MR) is 87.4 cm³/mol. The summed E-state index contributed by atoms with van der Waals surface area (Å²) in [6.07, 6.45) is 8.89. The molecule has 1 amide bonds. The number of halogens is 1. The number of rotatable bonds is 4. The Hall–Kier alpha value is 0.00494. The van der Waals surface area contributed by atoms with Crippen molar-refractivity contribution in [2.45, 2.75) is 70.0 Å². The maximum absolute atomic E-state index is 11.5. The van der Waals surface area contributed by atoms with E-state index in [1.807, 2.05) is 0 Å². The molecule has 0 spiro atoms. The second-order valence-electron chi connectivity index (χ2n) is 5.56. The van der Waals surface area contributed by atoms with Gasteiger partial charge in [-0.15, -0.1) is 0 Å². The first-order valence-electron chi connectivity index (χ1n) is 7.04. The van der Waals surface area contributed by atoms with Crippen LogP contribution in [0.15, 0.2) is 10.2 Å². The van der Waals surface area contributed by atoms with Crippen molar-refractivity contribution in [3.05, 3.63) is 10.2 Å². The molecule has 1 aliphatic rings. The highest BCUT2D eigenvalue weighted by atomic mass is 127. The van der Waals surface area contributed by atoms with Gasteiger partial charge in [-0.25, -0.2) is 0 Å². The number of amides is 1. The Morgan fingerprint density at radius 3 is 2.39 bits per heavy atom. The second-order valence-corrected chi connectivity index (χ2v) is 6.28. The molecule has 1 N–H and O–H groups in total. The molecule has 0 aromatic carbocycles. The van der Waals surface area contributed by atoms with Gasteiger partial charge in [-0.3, -0.25) is 4.79 Å². The van der Waals surface area contributed by atoms with E-state index in [-0.39, 0.29) is 5.91 Å². The van der Waals surface area contributed by atoms with Crippen LogP contribution in [0.4, 0.5) is 0 Å². The summed E-state index contributed by atoms with van der Waals surface area (Å²) >= 11 is 2.08. The Bertz CT molecular complexity index is 271. The van der Waals surface area contributed by atoms with Crippen molar-refractivity contribution in [3.63, 3.8) is 0 Å². The molecule has 0 saturated heterocycles. The van der Waals surface area contributed by atoms with Crippen LogP contribution in [0.3, 0.4) is 0 Å². The van der Waals surface area contributed by atoms with E-state index in [2.05, 4.69) is 49.0 Å². The van der Waals surface area contributed by atoms with Crippen molar-refractivity contribution < 1.29 is 4.79 Å². The summed E-state index contributed by atoms with van der Waals surface area (Å²) in [7, 11) is 2.50. The van der Waals surface area contributed by atoms with Crippen molar-refractivity contribution in [2.75, 3.05) is 0 Å². The summed E-state index contributed by atoms with van der Waals surface area (Å²) in [6.45, 7) is 4.52. The first-order valence-corrected chi connectivity index (χ1v) is 8.28. The largest absolute Gasteiger partial charge is 0.350 e. The van der Waals surface area contributed by atoms with Crippen LogP contribution < -0.4 is 5.32 Å². The molecule has 0 aromatic heterocycles. The lowest BCUT2D eigenvalue weighted by atomic mass is 9.53. The van der Waals surface area contributed by atoms with Gasteiger partial charge >= 0.3 is 0 Å². The molecular weight excluding hydrogens is 336 g/mol. The number of hydrogen-bond acceptors (Lipinski definition) is 1. The van der Waals surface area contributed by atoms with Crippen LogP contribution in [0.5, 0.6) is 0 Å². The van der Waals surface area contributed by atoms with E-state index in [9.17, 15) is 4.79 Å². The Kier molecular flexibility index (Phi) is 8.03. The van der Waals surface area contributed by atoms with E-state index in [4.69, 9.17) is 0 Å². The van der Waals surface area contributed by atoms with Crippen LogP contribution in [0.2, 0.25) is 11.6 Å². The zero-order valence-electron chi connectivity index (χ0n) is 11.5. The first-order chi connectivity index (χ1) is 8.61. The van der Waals surface area contributed by atoms with Crippen molar-refractivity contribution >= 4 is 35.8 Å². The summed E-state index contributed by atoms with van der Waals surface area (Å²) in [5.74, 6) is 1.54. The maximum Gasteiger partial charge on any atom is 0.244 e. The minimum Gasteiger partial charge on any atom is -0.350 e. The van der Waals surface area contributed by atoms with E-state index in [0.29, 0.717) is 11.9 Å². The van der Waals surface area contributed by atoms with Gasteiger partial charge in [0.1, 0.15) is 7.28 Å². The fourth-order valence-corrected chi connectivity index (χ4v) is 3.06. The molecule has 1 fully saturated rings. The summed E-state index contributed by atoms with van der Waals surface area (Å²) < 4.78 is 1.77. The molecule has 0 unspecified atom stereocenters. The Labute approximate surface area is 126 Å². The number of carbonyl (C=O) groups excluding carboxylic acids is 1. The van der Waals surface area contributed by atoms with Crippen molar-refractivity contribution in [1.29, 1.82) is 0 Å². The predicted octanol–water partition coefficient (Wildman–Crippen LogP) is 4.10. The highest BCUT2D eigenvalue weighted by Gasteiger charge is 2.18. The van der Waals surface area contributed by atoms with Crippen LogP contribution in [-0.4, -0.2) is 19.2 Å². The van der Waals surface area contributed by atoms with E-state index in [0.717, 1.165) is 18.7 Å². The minimum absolute atomic E-state index is 0.0558. The first kappa shape index (κ1) is 16.1. The van der Waals surface area contributed by atoms with Crippen molar-refractivity contribution in [2.24, 2.45) is 0 Å². The van der Waals surface area contributed by atoms with Crippen LogP contribution in [-0.2, 0) is 4.79 Å². The number of hydrogen-bond donors (Lipinski definition) is 1. The molecule has 0 aromatic rings.